The van der Waals surface area contributed by atoms with Crippen LogP contribution in [0.3, 0.4) is 0 Å². The summed E-state index contributed by atoms with van der Waals surface area (Å²) in [5, 5.41) is 12.4. The Bertz CT molecular complexity index is 824. The highest BCUT2D eigenvalue weighted by atomic mass is 16.4. The van der Waals surface area contributed by atoms with E-state index < -0.39 is 17.3 Å². The Balaban J connectivity index is 1.66. The van der Waals surface area contributed by atoms with E-state index in [-0.39, 0.29) is 12.5 Å². The molecule has 136 valence electrons. The number of hydrogen-bond acceptors (Lipinski definition) is 2. The van der Waals surface area contributed by atoms with Gasteiger partial charge in [0, 0.05) is 6.54 Å². The van der Waals surface area contributed by atoms with E-state index in [9.17, 15) is 14.7 Å². The van der Waals surface area contributed by atoms with Crippen LogP contribution in [0.15, 0.2) is 48.5 Å². The fourth-order valence-corrected chi connectivity index (χ4v) is 3.47. The predicted octanol–water partition coefficient (Wildman–Crippen LogP) is 3.39. The van der Waals surface area contributed by atoms with E-state index in [1.54, 1.807) is 0 Å². The molecular formula is C22H25NO3. The summed E-state index contributed by atoms with van der Waals surface area (Å²) in [4.78, 5) is 24.4. The number of carboxylic acids is 1. The molecule has 2 aromatic carbocycles. The molecule has 1 fully saturated rings. The van der Waals surface area contributed by atoms with Crippen LogP contribution >= 0.6 is 0 Å². The average Bonchev–Trinajstić information content (AvgIpc) is 3.40. The van der Waals surface area contributed by atoms with Crippen molar-refractivity contribution in [2.75, 3.05) is 6.54 Å². The number of nitrogens with one attached hydrogen (secondary N) is 1. The molecule has 0 heterocycles. The van der Waals surface area contributed by atoms with E-state index in [1.165, 1.54) is 0 Å². The standard InChI is InChI=1S/C22H25NO3/c1-15-5-3-7-17(11-15)13-18(20(24)25)14-23-21(26)22(9-10-22)19-8-4-6-16(2)12-19/h3-8,11-12,18H,9-10,13-14H2,1-2H3,(H,23,26)(H,24,25). The van der Waals surface area contributed by atoms with Gasteiger partial charge in [0.25, 0.3) is 0 Å². The third-order valence-corrected chi connectivity index (χ3v) is 5.18. The first-order chi connectivity index (χ1) is 12.4. The van der Waals surface area contributed by atoms with Gasteiger partial charge >= 0.3 is 5.97 Å². The summed E-state index contributed by atoms with van der Waals surface area (Å²) in [6, 6.07) is 15.9. The minimum atomic E-state index is -0.882. The van der Waals surface area contributed by atoms with Gasteiger partial charge in [0.2, 0.25) is 5.91 Å². The fourth-order valence-electron chi connectivity index (χ4n) is 3.47. The highest BCUT2D eigenvalue weighted by molar-refractivity contribution is 5.91. The van der Waals surface area contributed by atoms with Crippen molar-refractivity contribution in [3.63, 3.8) is 0 Å². The number of amides is 1. The third-order valence-electron chi connectivity index (χ3n) is 5.18. The largest absolute Gasteiger partial charge is 0.481 e. The van der Waals surface area contributed by atoms with Gasteiger partial charge < -0.3 is 10.4 Å². The van der Waals surface area contributed by atoms with Crippen molar-refractivity contribution in [2.45, 2.75) is 38.5 Å². The lowest BCUT2D eigenvalue weighted by molar-refractivity contribution is -0.141. The molecule has 0 bridgehead atoms. The maximum atomic E-state index is 12.8. The molecule has 0 spiro atoms. The lowest BCUT2D eigenvalue weighted by atomic mass is 9.93. The smallest absolute Gasteiger partial charge is 0.308 e. The van der Waals surface area contributed by atoms with Crippen molar-refractivity contribution in [3.05, 3.63) is 70.8 Å². The van der Waals surface area contributed by atoms with E-state index in [1.807, 2.05) is 62.4 Å². The number of carbonyl (C=O) groups excluding carboxylic acids is 1. The Labute approximate surface area is 154 Å². The Morgan fingerprint density at radius 1 is 1.08 bits per heavy atom. The second-order valence-corrected chi connectivity index (χ2v) is 7.39. The molecule has 1 aliphatic carbocycles. The first-order valence-corrected chi connectivity index (χ1v) is 9.04. The molecule has 1 amide bonds. The van der Waals surface area contributed by atoms with Gasteiger partial charge in [0.1, 0.15) is 0 Å². The molecule has 2 N–H and O–H groups in total. The Hall–Kier alpha value is -2.62. The normalized spacial score (nSPS) is 15.9. The Morgan fingerprint density at radius 3 is 2.31 bits per heavy atom. The van der Waals surface area contributed by atoms with Crippen LogP contribution in [0.5, 0.6) is 0 Å². The molecule has 0 aliphatic heterocycles. The molecule has 1 saturated carbocycles. The van der Waals surface area contributed by atoms with Crippen molar-refractivity contribution >= 4 is 11.9 Å². The maximum absolute atomic E-state index is 12.8. The lowest BCUT2D eigenvalue weighted by Crippen LogP contribution is -2.40. The molecule has 1 atom stereocenters. The molecule has 2 aromatic rings. The van der Waals surface area contributed by atoms with Gasteiger partial charge in [0.05, 0.1) is 11.3 Å². The number of carboxylic acid groups (broad SMARTS) is 1. The number of rotatable bonds is 7. The van der Waals surface area contributed by atoms with Gasteiger partial charge in [-0.05, 0) is 44.2 Å². The number of aryl methyl sites for hydroxylation is 2. The summed E-state index contributed by atoms with van der Waals surface area (Å²) in [6.45, 7) is 4.15. The molecule has 1 unspecified atom stereocenters. The first kappa shape index (κ1) is 18.2. The zero-order valence-corrected chi connectivity index (χ0v) is 15.3. The Kier molecular flexibility index (Phi) is 5.12. The van der Waals surface area contributed by atoms with Gasteiger partial charge in [-0.1, -0.05) is 59.7 Å². The van der Waals surface area contributed by atoms with Crippen molar-refractivity contribution in [1.82, 2.24) is 5.32 Å². The summed E-state index contributed by atoms with van der Waals surface area (Å²) in [6.07, 6.45) is 2.05. The summed E-state index contributed by atoms with van der Waals surface area (Å²) in [5.41, 5.74) is 3.77. The summed E-state index contributed by atoms with van der Waals surface area (Å²) in [7, 11) is 0. The number of aliphatic carboxylic acids is 1. The fraction of sp³-hybridized carbons (Fsp3) is 0.364. The van der Waals surface area contributed by atoms with E-state index in [0.717, 1.165) is 35.1 Å². The van der Waals surface area contributed by atoms with Crippen LogP contribution in [0.1, 0.15) is 35.1 Å². The SMILES string of the molecule is Cc1cccc(CC(CNC(=O)C2(c3cccc(C)c3)CC2)C(=O)O)c1. The van der Waals surface area contributed by atoms with E-state index in [0.29, 0.717) is 6.42 Å². The molecule has 0 aromatic heterocycles. The van der Waals surface area contributed by atoms with Crippen molar-refractivity contribution in [1.29, 1.82) is 0 Å². The second-order valence-electron chi connectivity index (χ2n) is 7.39. The quantitative estimate of drug-likeness (QED) is 0.803. The van der Waals surface area contributed by atoms with Gasteiger partial charge in [-0.3, -0.25) is 9.59 Å². The summed E-state index contributed by atoms with van der Waals surface area (Å²) in [5.74, 6) is -1.57. The van der Waals surface area contributed by atoms with Gasteiger partial charge in [-0.2, -0.15) is 0 Å². The second kappa shape index (κ2) is 7.32. The number of hydrogen-bond donors (Lipinski definition) is 2. The zero-order valence-electron chi connectivity index (χ0n) is 15.3. The molecular weight excluding hydrogens is 326 g/mol. The average molecular weight is 351 g/mol. The van der Waals surface area contributed by atoms with Crippen molar-refractivity contribution < 1.29 is 14.7 Å². The van der Waals surface area contributed by atoms with Crippen LogP contribution < -0.4 is 5.32 Å². The monoisotopic (exact) mass is 351 g/mol. The van der Waals surface area contributed by atoms with E-state index in [2.05, 4.69) is 5.32 Å². The molecule has 3 rings (SSSR count). The highest BCUT2D eigenvalue weighted by Crippen LogP contribution is 2.48. The summed E-state index contributed by atoms with van der Waals surface area (Å²) >= 11 is 0. The Morgan fingerprint density at radius 2 is 1.73 bits per heavy atom. The van der Waals surface area contributed by atoms with Crippen LogP contribution in [0.4, 0.5) is 0 Å². The highest BCUT2D eigenvalue weighted by Gasteiger charge is 2.51. The van der Waals surface area contributed by atoms with Crippen LogP contribution in [-0.2, 0) is 21.4 Å². The van der Waals surface area contributed by atoms with Crippen LogP contribution in [0.2, 0.25) is 0 Å². The van der Waals surface area contributed by atoms with Crippen molar-refractivity contribution in [2.24, 2.45) is 5.92 Å². The van der Waals surface area contributed by atoms with Gasteiger partial charge in [0.15, 0.2) is 0 Å². The number of benzene rings is 2. The predicted molar refractivity (Wildman–Crippen MR) is 101 cm³/mol. The van der Waals surface area contributed by atoms with Crippen molar-refractivity contribution in [3.8, 4) is 0 Å². The zero-order chi connectivity index (χ0) is 18.7. The van der Waals surface area contributed by atoms with E-state index in [4.69, 9.17) is 0 Å². The van der Waals surface area contributed by atoms with Crippen LogP contribution in [0.25, 0.3) is 0 Å². The van der Waals surface area contributed by atoms with Crippen LogP contribution in [-0.4, -0.2) is 23.5 Å². The van der Waals surface area contributed by atoms with Crippen LogP contribution in [0, 0.1) is 19.8 Å². The van der Waals surface area contributed by atoms with Gasteiger partial charge in [-0.25, -0.2) is 0 Å². The molecule has 26 heavy (non-hydrogen) atoms. The molecule has 4 nitrogen and oxygen atoms in total. The lowest BCUT2D eigenvalue weighted by Gasteiger charge is -2.19. The molecule has 0 radical (unpaired) electrons. The minimum absolute atomic E-state index is 0.0569. The summed E-state index contributed by atoms with van der Waals surface area (Å²) < 4.78 is 0. The minimum Gasteiger partial charge on any atom is -0.481 e. The first-order valence-electron chi connectivity index (χ1n) is 9.04. The topological polar surface area (TPSA) is 66.4 Å². The maximum Gasteiger partial charge on any atom is 0.308 e. The van der Waals surface area contributed by atoms with E-state index >= 15 is 0 Å². The molecule has 1 aliphatic rings. The number of carbonyl (C=O) groups is 2. The molecule has 0 saturated heterocycles. The third kappa shape index (κ3) is 3.96. The molecule has 4 heteroatoms. The van der Waals surface area contributed by atoms with Gasteiger partial charge in [-0.15, -0.1) is 0 Å².